The molecule has 2 N–H and O–H groups in total. The SMILES string of the molecule is COc1ccc(Cl)c(S(=O)(=O)NC(=O)Nc2nc(C)cc(OC)n2)c1. The molecule has 2 rings (SSSR count). The molecule has 25 heavy (non-hydrogen) atoms. The summed E-state index contributed by atoms with van der Waals surface area (Å²) in [6.07, 6.45) is 0. The Morgan fingerprint density at radius 1 is 1.16 bits per heavy atom. The Morgan fingerprint density at radius 2 is 1.88 bits per heavy atom. The number of aryl methyl sites for hydroxylation is 1. The molecule has 0 atom stereocenters. The van der Waals surface area contributed by atoms with Crippen molar-refractivity contribution in [3.05, 3.63) is 35.0 Å². The molecule has 9 nitrogen and oxygen atoms in total. The first kappa shape index (κ1) is 18.7. The van der Waals surface area contributed by atoms with Gasteiger partial charge in [-0.1, -0.05) is 11.6 Å². The lowest BCUT2D eigenvalue weighted by Gasteiger charge is -2.11. The van der Waals surface area contributed by atoms with Crippen molar-refractivity contribution in [3.63, 3.8) is 0 Å². The minimum absolute atomic E-state index is 0.0606. The van der Waals surface area contributed by atoms with E-state index in [9.17, 15) is 13.2 Å². The van der Waals surface area contributed by atoms with Crippen molar-refractivity contribution in [1.29, 1.82) is 0 Å². The Labute approximate surface area is 149 Å². The molecule has 2 aromatic rings. The Hall–Kier alpha value is -2.59. The first-order valence-corrected chi connectivity index (χ1v) is 8.68. The lowest BCUT2D eigenvalue weighted by Crippen LogP contribution is -2.35. The second-order valence-corrected chi connectivity index (χ2v) is 6.79. The summed E-state index contributed by atoms with van der Waals surface area (Å²) in [6, 6.07) is 4.54. The number of hydrogen-bond acceptors (Lipinski definition) is 7. The minimum atomic E-state index is -4.23. The lowest BCUT2D eigenvalue weighted by molar-refractivity contribution is 0.256. The number of anilines is 1. The van der Waals surface area contributed by atoms with Crippen LogP contribution in [-0.2, 0) is 10.0 Å². The number of amides is 2. The Bertz CT molecular complexity index is 904. The molecule has 11 heteroatoms. The van der Waals surface area contributed by atoms with Crippen molar-refractivity contribution >= 4 is 33.6 Å². The average molecular weight is 387 g/mol. The van der Waals surface area contributed by atoms with E-state index < -0.39 is 16.1 Å². The third-order valence-electron chi connectivity index (χ3n) is 2.92. The van der Waals surface area contributed by atoms with E-state index in [1.54, 1.807) is 13.0 Å². The van der Waals surface area contributed by atoms with E-state index in [1.807, 2.05) is 4.72 Å². The number of carbonyl (C=O) groups is 1. The maximum absolute atomic E-state index is 12.3. The molecule has 0 aliphatic rings. The standard InChI is InChI=1S/C14H15ClN4O5S/c1-8-6-12(24-3)17-13(16-8)18-14(20)19-25(21,22)11-7-9(23-2)4-5-10(11)15/h4-7H,1-3H3,(H2,16,17,18,19,20). The van der Waals surface area contributed by atoms with Gasteiger partial charge in [-0.3, -0.25) is 5.32 Å². The first-order chi connectivity index (χ1) is 11.7. The van der Waals surface area contributed by atoms with E-state index in [0.717, 1.165) is 0 Å². The van der Waals surface area contributed by atoms with E-state index >= 15 is 0 Å². The highest BCUT2D eigenvalue weighted by atomic mass is 35.5. The molecule has 1 aromatic heterocycles. The maximum Gasteiger partial charge on any atom is 0.335 e. The smallest absolute Gasteiger partial charge is 0.335 e. The molecule has 134 valence electrons. The van der Waals surface area contributed by atoms with Crippen LogP contribution in [0.15, 0.2) is 29.2 Å². The monoisotopic (exact) mass is 386 g/mol. The molecule has 0 aliphatic heterocycles. The molecular formula is C14H15ClN4O5S. The van der Waals surface area contributed by atoms with Gasteiger partial charge in [0, 0.05) is 17.8 Å². The molecule has 1 heterocycles. The van der Waals surface area contributed by atoms with Crippen LogP contribution < -0.4 is 19.5 Å². The van der Waals surface area contributed by atoms with E-state index in [2.05, 4.69) is 15.3 Å². The van der Waals surface area contributed by atoms with Gasteiger partial charge < -0.3 is 9.47 Å². The Balaban J connectivity index is 2.21. The zero-order valence-electron chi connectivity index (χ0n) is 13.5. The molecule has 0 fully saturated rings. The van der Waals surface area contributed by atoms with Gasteiger partial charge in [0.1, 0.15) is 10.6 Å². The molecular weight excluding hydrogens is 372 g/mol. The van der Waals surface area contributed by atoms with Gasteiger partial charge in [-0.15, -0.1) is 0 Å². The molecule has 1 aromatic carbocycles. The fourth-order valence-electron chi connectivity index (χ4n) is 1.82. The highest BCUT2D eigenvalue weighted by molar-refractivity contribution is 7.90. The van der Waals surface area contributed by atoms with Crippen LogP contribution in [0.3, 0.4) is 0 Å². The molecule has 0 aliphatic carbocycles. The zero-order chi connectivity index (χ0) is 18.6. The number of benzene rings is 1. The van der Waals surface area contributed by atoms with Gasteiger partial charge in [0.15, 0.2) is 0 Å². The van der Waals surface area contributed by atoms with Crippen molar-refractivity contribution in [2.75, 3.05) is 19.5 Å². The fourth-order valence-corrected chi connectivity index (χ4v) is 3.24. The highest BCUT2D eigenvalue weighted by Gasteiger charge is 2.22. The Morgan fingerprint density at radius 3 is 2.52 bits per heavy atom. The molecule has 0 bridgehead atoms. The first-order valence-electron chi connectivity index (χ1n) is 6.82. The predicted molar refractivity (Wildman–Crippen MR) is 90.7 cm³/mol. The van der Waals surface area contributed by atoms with Crippen molar-refractivity contribution in [2.45, 2.75) is 11.8 Å². The van der Waals surface area contributed by atoms with Crippen molar-refractivity contribution in [3.8, 4) is 11.6 Å². The summed E-state index contributed by atoms with van der Waals surface area (Å²) < 4.78 is 36.4. The van der Waals surface area contributed by atoms with Crippen LogP contribution in [-0.4, -0.2) is 38.6 Å². The summed E-state index contributed by atoms with van der Waals surface area (Å²) >= 11 is 5.89. The third kappa shape index (κ3) is 4.70. The molecule has 0 saturated heterocycles. The van der Waals surface area contributed by atoms with Gasteiger partial charge in [-0.25, -0.2) is 22.9 Å². The van der Waals surface area contributed by atoms with E-state index in [4.69, 9.17) is 21.1 Å². The van der Waals surface area contributed by atoms with E-state index in [1.165, 1.54) is 32.4 Å². The number of urea groups is 1. The van der Waals surface area contributed by atoms with Gasteiger partial charge in [0.2, 0.25) is 11.8 Å². The molecule has 0 radical (unpaired) electrons. The van der Waals surface area contributed by atoms with Gasteiger partial charge in [-0.05, 0) is 19.1 Å². The van der Waals surface area contributed by atoms with Crippen molar-refractivity contribution in [2.24, 2.45) is 0 Å². The summed E-state index contributed by atoms with van der Waals surface area (Å²) in [5.41, 5.74) is 0.529. The number of hydrogen-bond donors (Lipinski definition) is 2. The number of methoxy groups -OCH3 is 2. The van der Waals surface area contributed by atoms with Crippen LogP contribution in [0.25, 0.3) is 0 Å². The maximum atomic E-state index is 12.3. The van der Waals surface area contributed by atoms with Crippen LogP contribution in [0.2, 0.25) is 5.02 Å². The largest absolute Gasteiger partial charge is 0.497 e. The van der Waals surface area contributed by atoms with Gasteiger partial charge >= 0.3 is 6.03 Å². The number of aromatic nitrogens is 2. The van der Waals surface area contributed by atoms with Gasteiger partial charge in [0.25, 0.3) is 10.0 Å². The molecule has 2 amide bonds. The van der Waals surface area contributed by atoms with Crippen LogP contribution >= 0.6 is 11.6 Å². The third-order valence-corrected chi connectivity index (χ3v) is 4.73. The summed E-state index contributed by atoms with van der Waals surface area (Å²) in [5, 5.41) is 2.17. The van der Waals surface area contributed by atoms with Crippen molar-refractivity contribution in [1.82, 2.24) is 14.7 Å². The number of sulfonamides is 1. The number of halogens is 1. The number of ether oxygens (including phenoxy) is 2. The van der Waals surface area contributed by atoms with Crippen molar-refractivity contribution < 1.29 is 22.7 Å². The summed E-state index contributed by atoms with van der Waals surface area (Å²) in [6.45, 7) is 1.67. The summed E-state index contributed by atoms with van der Waals surface area (Å²) in [5.74, 6) is 0.389. The molecule has 0 spiro atoms. The number of nitrogens with zero attached hydrogens (tertiary/aromatic N) is 2. The number of rotatable bonds is 5. The second-order valence-electron chi connectivity index (χ2n) is 4.73. The highest BCUT2D eigenvalue weighted by Crippen LogP contribution is 2.26. The molecule has 0 saturated carbocycles. The molecule has 0 unspecified atom stereocenters. The van der Waals surface area contributed by atoms with Crippen LogP contribution in [0, 0.1) is 6.92 Å². The fraction of sp³-hybridized carbons (Fsp3) is 0.214. The van der Waals surface area contributed by atoms with Gasteiger partial charge in [-0.2, -0.15) is 4.98 Å². The zero-order valence-corrected chi connectivity index (χ0v) is 15.1. The van der Waals surface area contributed by atoms with Crippen LogP contribution in [0.1, 0.15) is 5.69 Å². The van der Waals surface area contributed by atoms with Crippen LogP contribution in [0.5, 0.6) is 11.6 Å². The summed E-state index contributed by atoms with van der Waals surface area (Å²) in [4.78, 5) is 19.5. The second kappa shape index (κ2) is 7.53. The number of carbonyl (C=O) groups excluding carboxylic acids is 1. The number of nitrogens with one attached hydrogen (secondary N) is 2. The van der Waals surface area contributed by atoms with Gasteiger partial charge in [0.05, 0.1) is 19.2 Å². The predicted octanol–water partition coefficient (Wildman–Crippen LogP) is 1.97. The average Bonchev–Trinajstić information content (AvgIpc) is 2.53. The minimum Gasteiger partial charge on any atom is -0.497 e. The topological polar surface area (TPSA) is 120 Å². The van der Waals surface area contributed by atoms with Crippen LogP contribution in [0.4, 0.5) is 10.7 Å². The summed E-state index contributed by atoms with van der Waals surface area (Å²) in [7, 11) is -1.45. The quantitative estimate of drug-likeness (QED) is 0.805. The Kier molecular flexibility index (Phi) is 5.65. The normalized spacial score (nSPS) is 10.9. The lowest BCUT2D eigenvalue weighted by atomic mass is 10.3. The van der Waals surface area contributed by atoms with E-state index in [-0.39, 0.29) is 27.5 Å². The van der Waals surface area contributed by atoms with E-state index in [0.29, 0.717) is 5.69 Å².